The quantitative estimate of drug-likeness (QED) is 0.653. The summed E-state index contributed by atoms with van der Waals surface area (Å²) in [7, 11) is 0. The zero-order valence-corrected chi connectivity index (χ0v) is 7.23. The maximum Gasteiger partial charge on any atom is 0.336 e. The lowest BCUT2D eigenvalue weighted by Gasteiger charge is -2.06. The molecule has 0 aliphatic rings. The average molecular weight is 195 g/mol. The van der Waals surface area contributed by atoms with Crippen LogP contribution in [0.1, 0.15) is 26.3 Å². The average Bonchev–Trinajstić information content (AvgIpc) is 2.16. The number of hydrogen-bond acceptors (Lipinski definition) is 3. The van der Waals surface area contributed by atoms with Crippen LogP contribution >= 0.6 is 0 Å². The Balaban J connectivity index is 3.39. The minimum Gasteiger partial charge on any atom is -0.478 e. The number of carboxylic acid groups (broad SMARTS) is 2. The highest BCUT2D eigenvalue weighted by Crippen LogP contribution is 2.14. The van der Waals surface area contributed by atoms with Gasteiger partial charge >= 0.3 is 11.9 Å². The first-order chi connectivity index (χ1) is 6.57. The second-order valence-electron chi connectivity index (χ2n) is 2.65. The van der Waals surface area contributed by atoms with E-state index in [1.54, 1.807) is 0 Å². The lowest BCUT2D eigenvalue weighted by Crippen LogP contribution is -2.13. The van der Waals surface area contributed by atoms with Crippen LogP contribution in [0.5, 0.6) is 0 Å². The molecular formula is C9H9NO4. The van der Waals surface area contributed by atoms with Crippen molar-refractivity contribution < 1.29 is 19.8 Å². The third kappa shape index (κ3) is 1.72. The highest BCUT2D eigenvalue weighted by atomic mass is 16.4. The van der Waals surface area contributed by atoms with Gasteiger partial charge in [0.15, 0.2) is 0 Å². The van der Waals surface area contributed by atoms with Crippen LogP contribution in [0.25, 0.3) is 0 Å². The molecule has 5 nitrogen and oxygen atoms in total. The van der Waals surface area contributed by atoms with Crippen LogP contribution < -0.4 is 5.73 Å². The zero-order valence-electron chi connectivity index (χ0n) is 7.23. The van der Waals surface area contributed by atoms with Gasteiger partial charge in [0.2, 0.25) is 0 Å². The number of carboxylic acids is 2. The van der Waals surface area contributed by atoms with Gasteiger partial charge in [-0.2, -0.15) is 0 Å². The second kappa shape index (κ2) is 3.89. The molecule has 1 rings (SSSR count). The van der Waals surface area contributed by atoms with E-state index in [2.05, 4.69) is 0 Å². The van der Waals surface area contributed by atoms with Gasteiger partial charge in [-0.1, -0.05) is 6.07 Å². The van der Waals surface area contributed by atoms with Gasteiger partial charge in [0.25, 0.3) is 0 Å². The Kier molecular flexibility index (Phi) is 2.83. The van der Waals surface area contributed by atoms with Gasteiger partial charge in [-0.05, 0) is 17.7 Å². The molecule has 0 heterocycles. The van der Waals surface area contributed by atoms with Crippen LogP contribution in [0.3, 0.4) is 0 Å². The lowest BCUT2D eigenvalue weighted by molar-refractivity contribution is 0.0695. The van der Waals surface area contributed by atoms with E-state index in [0.29, 0.717) is 0 Å². The van der Waals surface area contributed by atoms with Gasteiger partial charge in [-0.3, -0.25) is 0 Å². The fraction of sp³-hybridized carbons (Fsp3) is 0.111. The van der Waals surface area contributed by atoms with Crippen molar-refractivity contribution in [3.8, 4) is 0 Å². The van der Waals surface area contributed by atoms with Crippen LogP contribution in [0, 0.1) is 0 Å². The first kappa shape index (κ1) is 10.2. The smallest absolute Gasteiger partial charge is 0.336 e. The van der Waals surface area contributed by atoms with Crippen molar-refractivity contribution in [3.05, 3.63) is 34.9 Å². The predicted molar refractivity (Wildman–Crippen MR) is 48.3 cm³/mol. The maximum atomic E-state index is 10.7. The molecule has 0 atom stereocenters. The molecule has 5 heteroatoms. The van der Waals surface area contributed by atoms with Crippen molar-refractivity contribution in [3.63, 3.8) is 0 Å². The Morgan fingerprint density at radius 3 is 1.86 bits per heavy atom. The van der Waals surface area contributed by atoms with E-state index < -0.39 is 11.9 Å². The molecule has 0 saturated carbocycles. The van der Waals surface area contributed by atoms with Crippen molar-refractivity contribution in [2.75, 3.05) is 0 Å². The standard InChI is InChI=1S/C9H9NO4/c10-4-7-5(8(11)12)2-1-3-6(7)9(13)14/h1-3H,4,10H2,(H,11,12)(H,13,14). The predicted octanol–water partition coefficient (Wildman–Crippen LogP) is 0.542. The van der Waals surface area contributed by atoms with E-state index >= 15 is 0 Å². The fourth-order valence-electron chi connectivity index (χ4n) is 1.21. The number of nitrogens with two attached hydrogens (primary N) is 1. The number of rotatable bonds is 3. The molecule has 0 bridgehead atoms. The topological polar surface area (TPSA) is 101 Å². The molecule has 1 aromatic carbocycles. The van der Waals surface area contributed by atoms with Gasteiger partial charge in [0, 0.05) is 6.54 Å². The highest BCUT2D eigenvalue weighted by Gasteiger charge is 2.16. The molecule has 0 unspecified atom stereocenters. The van der Waals surface area contributed by atoms with Crippen LogP contribution in [-0.2, 0) is 6.54 Å². The second-order valence-corrected chi connectivity index (χ2v) is 2.65. The molecule has 0 aliphatic carbocycles. The molecular weight excluding hydrogens is 186 g/mol. The summed E-state index contributed by atoms with van der Waals surface area (Å²) in [5, 5.41) is 17.5. The highest BCUT2D eigenvalue weighted by molar-refractivity contribution is 5.96. The SMILES string of the molecule is NCc1c(C(=O)O)cccc1C(=O)O. The fourth-order valence-corrected chi connectivity index (χ4v) is 1.21. The van der Waals surface area contributed by atoms with Crippen molar-refractivity contribution in [1.29, 1.82) is 0 Å². The van der Waals surface area contributed by atoms with Gasteiger partial charge in [0.05, 0.1) is 11.1 Å². The molecule has 0 amide bonds. The molecule has 0 aliphatic heterocycles. The zero-order chi connectivity index (χ0) is 10.7. The Labute approximate surface area is 79.8 Å². The van der Waals surface area contributed by atoms with Crippen molar-refractivity contribution in [1.82, 2.24) is 0 Å². The molecule has 0 saturated heterocycles. The molecule has 4 N–H and O–H groups in total. The Morgan fingerprint density at radius 1 is 1.14 bits per heavy atom. The minimum atomic E-state index is -1.17. The summed E-state index contributed by atoms with van der Waals surface area (Å²) in [6, 6.07) is 4.04. The number of benzene rings is 1. The summed E-state index contributed by atoms with van der Waals surface area (Å²) in [4.78, 5) is 21.4. The van der Waals surface area contributed by atoms with E-state index in [4.69, 9.17) is 15.9 Å². The lowest BCUT2D eigenvalue weighted by atomic mass is 10.0. The Bertz CT molecular complexity index is 354. The van der Waals surface area contributed by atoms with Crippen LogP contribution in [0.2, 0.25) is 0 Å². The van der Waals surface area contributed by atoms with E-state index in [0.717, 1.165) is 0 Å². The largest absolute Gasteiger partial charge is 0.478 e. The summed E-state index contributed by atoms with van der Waals surface area (Å²) >= 11 is 0. The van der Waals surface area contributed by atoms with Crippen LogP contribution in [0.4, 0.5) is 0 Å². The Hall–Kier alpha value is -1.88. The molecule has 0 aromatic heterocycles. The van der Waals surface area contributed by atoms with Crippen molar-refractivity contribution in [2.24, 2.45) is 5.73 Å². The monoisotopic (exact) mass is 195 g/mol. The van der Waals surface area contributed by atoms with Crippen LogP contribution in [-0.4, -0.2) is 22.2 Å². The summed E-state index contributed by atoms with van der Waals surface area (Å²) in [5.74, 6) is -2.35. The van der Waals surface area contributed by atoms with Gasteiger partial charge < -0.3 is 15.9 Å². The first-order valence-corrected chi connectivity index (χ1v) is 3.86. The summed E-state index contributed by atoms with van der Waals surface area (Å²) in [5.41, 5.74) is 5.32. The third-order valence-corrected chi connectivity index (χ3v) is 1.84. The number of hydrogen-bond donors (Lipinski definition) is 3. The molecule has 74 valence electrons. The van der Waals surface area contributed by atoms with E-state index in [-0.39, 0.29) is 23.2 Å². The Morgan fingerprint density at radius 2 is 1.57 bits per heavy atom. The van der Waals surface area contributed by atoms with Crippen molar-refractivity contribution in [2.45, 2.75) is 6.54 Å². The number of carbonyl (C=O) groups is 2. The van der Waals surface area contributed by atoms with E-state index in [1.807, 2.05) is 0 Å². The van der Waals surface area contributed by atoms with E-state index in [1.165, 1.54) is 18.2 Å². The number of aromatic carboxylic acids is 2. The normalized spacial score (nSPS) is 9.79. The molecule has 0 spiro atoms. The van der Waals surface area contributed by atoms with Gasteiger partial charge in [-0.25, -0.2) is 9.59 Å². The van der Waals surface area contributed by atoms with Crippen LogP contribution in [0.15, 0.2) is 18.2 Å². The maximum absolute atomic E-state index is 10.7. The molecule has 0 fully saturated rings. The summed E-state index contributed by atoms with van der Waals surface area (Å²) in [6.07, 6.45) is 0. The molecule has 1 aromatic rings. The first-order valence-electron chi connectivity index (χ1n) is 3.86. The third-order valence-electron chi connectivity index (χ3n) is 1.84. The molecule has 0 radical (unpaired) electrons. The van der Waals surface area contributed by atoms with Gasteiger partial charge in [0.1, 0.15) is 0 Å². The van der Waals surface area contributed by atoms with Crippen molar-refractivity contribution >= 4 is 11.9 Å². The van der Waals surface area contributed by atoms with E-state index in [9.17, 15) is 9.59 Å². The minimum absolute atomic E-state index is 0.0626. The summed E-state index contributed by atoms with van der Waals surface area (Å²) < 4.78 is 0. The van der Waals surface area contributed by atoms with Gasteiger partial charge in [-0.15, -0.1) is 0 Å². The summed E-state index contributed by atoms with van der Waals surface area (Å²) in [6.45, 7) is -0.107. The molecule has 14 heavy (non-hydrogen) atoms.